The number of amides is 1. The summed E-state index contributed by atoms with van der Waals surface area (Å²) in [5.41, 5.74) is 1.91. The summed E-state index contributed by atoms with van der Waals surface area (Å²) in [6.07, 6.45) is 0.912. The van der Waals surface area contributed by atoms with Crippen molar-refractivity contribution < 1.29 is 14.7 Å². The Bertz CT molecular complexity index is 550. The van der Waals surface area contributed by atoms with E-state index >= 15 is 0 Å². The summed E-state index contributed by atoms with van der Waals surface area (Å²) in [6.45, 7) is 1.36. The zero-order chi connectivity index (χ0) is 15.4. The van der Waals surface area contributed by atoms with Crippen LogP contribution >= 0.6 is 11.6 Å². The van der Waals surface area contributed by atoms with Crippen LogP contribution in [0.1, 0.15) is 6.42 Å². The van der Waals surface area contributed by atoms with Crippen molar-refractivity contribution in [3.05, 3.63) is 23.2 Å². The van der Waals surface area contributed by atoms with Gasteiger partial charge in [0.15, 0.2) is 0 Å². The standard InChI is InChI=1S/C14H18ClN3O3/c1-17-5-2-6-18(9-13(19)16-8-14(20)21)12-7-10(15)3-4-11(12)17/h3-4,7H,2,5-6,8-9H2,1H3,(H,16,19)(H,20,21). The van der Waals surface area contributed by atoms with E-state index in [4.69, 9.17) is 16.7 Å². The number of carboxylic acid groups (broad SMARTS) is 1. The minimum Gasteiger partial charge on any atom is -0.480 e. The van der Waals surface area contributed by atoms with Crippen molar-refractivity contribution in [2.45, 2.75) is 6.42 Å². The molecule has 7 heteroatoms. The first-order valence-electron chi connectivity index (χ1n) is 6.71. The molecule has 0 saturated heterocycles. The smallest absolute Gasteiger partial charge is 0.322 e. The highest BCUT2D eigenvalue weighted by Gasteiger charge is 2.20. The minimum absolute atomic E-state index is 0.120. The number of nitrogens with zero attached hydrogens (tertiary/aromatic N) is 2. The number of fused-ring (bicyclic) bond motifs is 1. The number of carboxylic acids is 1. The number of aliphatic carboxylic acids is 1. The second kappa shape index (κ2) is 6.67. The van der Waals surface area contributed by atoms with Crippen LogP contribution in [0.15, 0.2) is 18.2 Å². The Morgan fingerprint density at radius 2 is 2.10 bits per heavy atom. The van der Waals surface area contributed by atoms with Crippen molar-refractivity contribution in [2.75, 3.05) is 43.0 Å². The molecule has 0 aromatic heterocycles. The monoisotopic (exact) mass is 311 g/mol. The van der Waals surface area contributed by atoms with Gasteiger partial charge in [-0.15, -0.1) is 0 Å². The van der Waals surface area contributed by atoms with E-state index < -0.39 is 5.97 Å². The maximum absolute atomic E-state index is 11.8. The van der Waals surface area contributed by atoms with E-state index in [9.17, 15) is 9.59 Å². The van der Waals surface area contributed by atoms with Gasteiger partial charge in [0.1, 0.15) is 6.54 Å². The predicted octanol–water partition coefficient (Wildman–Crippen LogP) is 1.19. The first-order chi connectivity index (χ1) is 9.97. The second-order valence-electron chi connectivity index (χ2n) is 5.00. The topological polar surface area (TPSA) is 72.9 Å². The molecule has 0 aliphatic carbocycles. The quantitative estimate of drug-likeness (QED) is 0.874. The lowest BCUT2D eigenvalue weighted by molar-refractivity contribution is -0.137. The molecule has 0 fully saturated rings. The second-order valence-corrected chi connectivity index (χ2v) is 5.44. The lowest BCUT2D eigenvalue weighted by Gasteiger charge is -2.25. The fourth-order valence-corrected chi connectivity index (χ4v) is 2.55. The Morgan fingerprint density at radius 3 is 2.81 bits per heavy atom. The van der Waals surface area contributed by atoms with Gasteiger partial charge in [-0.3, -0.25) is 9.59 Å². The number of halogens is 1. The van der Waals surface area contributed by atoms with Crippen LogP contribution < -0.4 is 15.1 Å². The highest BCUT2D eigenvalue weighted by atomic mass is 35.5. The number of hydrogen-bond acceptors (Lipinski definition) is 4. The van der Waals surface area contributed by atoms with Gasteiger partial charge in [0.05, 0.1) is 17.9 Å². The zero-order valence-corrected chi connectivity index (χ0v) is 12.6. The molecular weight excluding hydrogens is 294 g/mol. The summed E-state index contributed by atoms with van der Waals surface area (Å²) in [7, 11) is 2.00. The molecule has 1 amide bonds. The molecule has 114 valence electrons. The van der Waals surface area contributed by atoms with E-state index in [1.807, 2.05) is 30.1 Å². The average Bonchev–Trinajstić information content (AvgIpc) is 2.57. The Labute approximate surface area is 128 Å². The summed E-state index contributed by atoms with van der Waals surface area (Å²) < 4.78 is 0. The zero-order valence-electron chi connectivity index (χ0n) is 11.8. The summed E-state index contributed by atoms with van der Waals surface area (Å²) in [6, 6.07) is 5.60. The molecule has 1 heterocycles. The van der Waals surface area contributed by atoms with E-state index in [0.717, 1.165) is 30.9 Å². The van der Waals surface area contributed by atoms with Crippen molar-refractivity contribution >= 4 is 34.9 Å². The van der Waals surface area contributed by atoms with E-state index in [1.165, 1.54) is 0 Å². The van der Waals surface area contributed by atoms with E-state index in [2.05, 4.69) is 10.2 Å². The largest absolute Gasteiger partial charge is 0.480 e. The van der Waals surface area contributed by atoms with Crippen LogP contribution in [0.25, 0.3) is 0 Å². The van der Waals surface area contributed by atoms with Crippen LogP contribution in [0.4, 0.5) is 11.4 Å². The average molecular weight is 312 g/mol. The van der Waals surface area contributed by atoms with Gasteiger partial charge in [-0.05, 0) is 24.6 Å². The van der Waals surface area contributed by atoms with Gasteiger partial charge in [-0.25, -0.2) is 0 Å². The van der Waals surface area contributed by atoms with Gasteiger partial charge in [0, 0.05) is 25.2 Å². The Balaban J connectivity index is 2.16. The van der Waals surface area contributed by atoms with Crippen LogP contribution in [-0.2, 0) is 9.59 Å². The lowest BCUT2D eigenvalue weighted by Crippen LogP contribution is -2.39. The molecule has 2 rings (SSSR count). The van der Waals surface area contributed by atoms with Crippen LogP contribution in [0.3, 0.4) is 0 Å². The number of benzene rings is 1. The lowest BCUT2D eigenvalue weighted by atomic mass is 10.2. The molecule has 0 saturated carbocycles. The SMILES string of the molecule is CN1CCCN(CC(=O)NCC(=O)O)c2cc(Cl)ccc21. The van der Waals surface area contributed by atoms with Gasteiger partial charge in [0.2, 0.25) is 5.91 Å². The summed E-state index contributed by atoms with van der Waals surface area (Å²) in [4.78, 5) is 26.4. The molecule has 1 aliphatic heterocycles. The van der Waals surface area contributed by atoms with E-state index in [1.54, 1.807) is 0 Å². The Morgan fingerprint density at radius 1 is 1.33 bits per heavy atom. The van der Waals surface area contributed by atoms with Crippen molar-refractivity contribution in [1.82, 2.24) is 5.32 Å². The van der Waals surface area contributed by atoms with Crippen molar-refractivity contribution in [3.8, 4) is 0 Å². The fourth-order valence-electron chi connectivity index (χ4n) is 2.38. The number of carbonyl (C=O) groups is 2. The van der Waals surface area contributed by atoms with Crippen molar-refractivity contribution in [2.24, 2.45) is 0 Å². The molecule has 0 spiro atoms. The summed E-state index contributed by atoms with van der Waals surface area (Å²) in [5.74, 6) is -1.37. The van der Waals surface area contributed by atoms with Crippen molar-refractivity contribution in [1.29, 1.82) is 0 Å². The molecule has 21 heavy (non-hydrogen) atoms. The highest BCUT2D eigenvalue weighted by molar-refractivity contribution is 6.31. The predicted molar refractivity (Wildman–Crippen MR) is 82.2 cm³/mol. The first-order valence-corrected chi connectivity index (χ1v) is 7.09. The molecule has 1 aliphatic rings. The summed E-state index contributed by atoms with van der Waals surface area (Å²) >= 11 is 6.06. The minimum atomic E-state index is -1.05. The van der Waals surface area contributed by atoms with Gasteiger partial charge in [-0.2, -0.15) is 0 Å². The van der Waals surface area contributed by atoms with Crippen LogP contribution in [0, 0.1) is 0 Å². The molecule has 0 unspecified atom stereocenters. The number of hydrogen-bond donors (Lipinski definition) is 2. The number of nitrogens with one attached hydrogen (secondary N) is 1. The maximum Gasteiger partial charge on any atom is 0.322 e. The van der Waals surface area contributed by atoms with Crippen molar-refractivity contribution in [3.63, 3.8) is 0 Å². The van der Waals surface area contributed by atoms with Crippen LogP contribution in [0.2, 0.25) is 5.02 Å². The van der Waals surface area contributed by atoms with E-state index in [-0.39, 0.29) is 19.0 Å². The Kier molecular flexibility index (Phi) is 4.90. The highest BCUT2D eigenvalue weighted by Crippen LogP contribution is 2.33. The van der Waals surface area contributed by atoms with Gasteiger partial charge in [-0.1, -0.05) is 11.6 Å². The molecule has 0 atom stereocenters. The third-order valence-electron chi connectivity index (χ3n) is 3.38. The molecule has 0 radical (unpaired) electrons. The molecule has 1 aromatic rings. The molecular formula is C14H18ClN3O3. The number of rotatable bonds is 4. The maximum atomic E-state index is 11.8. The third kappa shape index (κ3) is 4.01. The molecule has 1 aromatic carbocycles. The normalized spacial score (nSPS) is 14.4. The molecule has 0 bridgehead atoms. The molecule has 6 nitrogen and oxygen atoms in total. The Hall–Kier alpha value is -1.95. The van der Waals surface area contributed by atoms with E-state index in [0.29, 0.717) is 5.02 Å². The van der Waals surface area contributed by atoms with Gasteiger partial charge < -0.3 is 20.2 Å². The third-order valence-corrected chi connectivity index (χ3v) is 3.62. The number of carbonyl (C=O) groups excluding carboxylic acids is 1. The first kappa shape index (κ1) is 15.4. The van der Waals surface area contributed by atoms with Gasteiger partial charge >= 0.3 is 5.97 Å². The van der Waals surface area contributed by atoms with Crippen LogP contribution in [0.5, 0.6) is 0 Å². The van der Waals surface area contributed by atoms with Gasteiger partial charge in [0.25, 0.3) is 0 Å². The fraction of sp³-hybridized carbons (Fsp3) is 0.429. The summed E-state index contributed by atoms with van der Waals surface area (Å²) in [5, 5.41) is 11.6. The molecule has 2 N–H and O–H groups in total. The number of anilines is 2. The van der Waals surface area contributed by atoms with Crippen LogP contribution in [-0.4, -0.2) is 50.2 Å².